The van der Waals surface area contributed by atoms with E-state index in [4.69, 9.17) is 18.7 Å². The molecular weight excluding hydrogens is 418 g/mol. The van der Waals surface area contributed by atoms with Gasteiger partial charge in [-0.2, -0.15) is 4.98 Å². The first-order valence-corrected chi connectivity index (χ1v) is 11.0. The van der Waals surface area contributed by atoms with Crippen LogP contribution in [0.5, 0.6) is 17.2 Å². The molecule has 0 spiro atoms. The van der Waals surface area contributed by atoms with E-state index in [-0.39, 0.29) is 0 Å². The summed E-state index contributed by atoms with van der Waals surface area (Å²) in [6, 6.07) is 3.64. The molecule has 1 aromatic carbocycles. The molecule has 3 aromatic rings. The SMILES string of the molecule is COc1ccc(-c2noc(CN3CCN(Cc4csc(C)n4)CC3)n2)c(OC)c1OC. The summed E-state index contributed by atoms with van der Waals surface area (Å²) >= 11 is 1.70. The summed E-state index contributed by atoms with van der Waals surface area (Å²) in [6.45, 7) is 7.43. The number of nitrogens with zero attached hydrogens (tertiary/aromatic N) is 5. The Balaban J connectivity index is 1.39. The molecule has 1 fully saturated rings. The quantitative estimate of drug-likeness (QED) is 0.519. The van der Waals surface area contributed by atoms with Gasteiger partial charge in [0.25, 0.3) is 0 Å². The van der Waals surface area contributed by atoms with Crippen LogP contribution in [0, 0.1) is 6.92 Å². The van der Waals surface area contributed by atoms with Crippen LogP contribution in [0.15, 0.2) is 22.0 Å². The first-order valence-electron chi connectivity index (χ1n) is 10.1. The van der Waals surface area contributed by atoms with E-state index in [1.54, 1.807) is 38.7 Å². The fourth-order valence-corrected chi connectivity index (χ4v) is 4.32. The van der Waals surface area contributed by atoms with Crippen LogP contribution < -0.4 is 14.2 Å². The minimum atomic E-state index is 0.463. The van der Waals surface area contributed by atoms with Crippen LogP contribution in [0.3, 0.4) is 0 Å². The van der Waals surface area contributed by atoms with E-state index in [1.165, 1.54) is 0 Å². The first kappa shape index (κ1) is 21.5. The van der Waals surface area contributed by atoms with Crippen molar-refractivity contribution in [3.05, 3.63) is 34.1 Å². The van der Waals surface area contributed by atoms with Crippen LogP contribution in [0.1, 0.15) is 16.6 Å². The number of methoxy groups -OCH3 is 3. The Morgan fingerprint density at radius 3 is 2.26 bits per heavy atom. The molecule has 3 heterocycles. The predicted octanol–water partition coefficient (Wildman–Crippen LogP) is 2.85. The van der Waals surface area contributed by atoms with Crippen LogP contribution >= 0.6 is 11.3 Å². The summed E-state index contributed by atoms with van der Waals surface area (Å²) in [7, 11) is 4.73. The minimum Gasteiger partial charge on any atom is -0.493 e. The average molecular weight is 446 g/mol. The summed E-state index contributed by atoms with van der Waals surface area (Å²) < 4.78 is 21.9. The fourth-order valence-electron chi connectivity index (χ4n) is 3.71. The standard InChI is InChI=1S/C21H27N5O4S/c1-14-22-15(13-31-14)11-25-7-9-26(10-8-25)12-18-23-21(24-30-18)16-5-6-17(27-2)20(29-4)19(16)28-3/h5-6,13H,7-12H2,1-4H3. The smallest absolute Gasteiger partial charge is 0.241 e. The Labute approximate surface area is 185 Å². The van der Waals surface area contributed by atoms with Gasteiger partial charge in [-0.25, -0.2) is 4.98 Å². The number of hydrogen-bond acceptors (Lipinski definition) is 10. The second kappa shape index (κ2) is 9.63. The number of benzene rings is 1. The van der Waals surface area contributed by atoms with E-state index in [0.29, 0.717) is 41.1 Å². The van der Waals surface area contributed by atoms with Gasteiger partial charge in [0.15, 0.2) is 11.5 Å². The number of aryl methyl sites for hydroxylation is 1. The van der Waals surface area contributed by atoms with Gasteiger partial charge in [0, 0.05) is 38.1 Å². The van der Waals surface area contributed by atoms with Crippen molar-refractivity contribution in [1.82, 2.24) is 24.9 Å². The predicted molar refractivity (Wildman–Crippen MR) is 117 cm³/mol. The highest BCUT2D eigenvalue weighted by Gasteiger charge is 2.23. The van der Waals surface area contributed by atoms with Gasteiger partial charge < -0.3 is 18.7 Å². The van der Waals surface area contributed by atoms with E-state index in [2.05, 4.69) is 30.3 Å². The summed E-state index contributed by atoms with van der Waals surface area (Å²) in [5.74, 6) is 2.64. The number of aromatic nitrogens is 3. The first-order chi connectivity index (χ1) is 15.1. The van der Waals surface area contributed by atoms with Crippen molar-refractivity contribution >= 4 is 11.3 Å². The van der Waals surface area contributed by atoms with Crippen LogP contribution in [-0.2, 0) is 13.1 Å². The number of hydrogen-bond donors (Lipinski definition) is 0. The number of ether oxygens (including phenoxy) is 3. The maximum Gasteiger partial charge on any atom is 0.241 e. The average Bonchev–Trinajstić information content (AvgIpc) is 3.42. The van der Waals surface area contributed by atoms with Gasteiger partial charge in [-0.3, -0.25) is 9.80 Å². The monoisotopic (exact) mass is 445 g/mol. The molecular formula is C21H27N5O4S. The summed E-state index contributed by atoms with van der Waals surface area (Å²) in [5, 5.41) is 7.42. The number of thiazole rings is 1. The Bertz CT molecular complexity index is 1010. The zero-order valence-electron chi connectivity index (χ0n) is 18.3. The van der Waals surface area contributed by atoms with Gasteiger partial charge in [0.05, 0.1) is 44.1 Å². The van der Waals surface area contributed by atoms with Gasteiger partial charge in [0.1, 0.15) is 0 Å². The highest BCUT2D eigenvalue weighted by Crippen LogP contribution is 2.43. The molecule has 4 rings (SSSR count). The number of piperazine rings is 1. The maximum absolute atomic E-state index is 5.54. The molecule has 9 nitrogen and oxygen atoms in total. The Morgan fingerprint density at radius 1 is 0.935 bits per heavy atom. The van der Waals surface area contributed by atoms with E-state index >= 15 is 0 Å². The topological polar surface area (TPSA) is 86.0 Å². The molecule has 10 heteroatoms. The van der Waals surface area contributed by atoms with Crippen LogP contribution in [-0.4, -0.2) is 72.4 Å². The molecule has 31 heavy (non-hydrogen) atoms. The van der Waals surface area contributed by atoms with Gasteiger partial charge in [-0.1, -0.05) is 5.16 Å². The molecule has 0 saturated carbocycles. The number of rotatable bonds is 8. The zero-order chi connectivity index (χ0) is 21.8. The minimum absolute atomic E-state index is 0.463. The van der Waals surface area contributed by atoms with Gasteiger partial charge in [-0.15, -0.1) is 11.3 Å². The van der Waals surface area contributed by atoms with Crippen molar-refractivity contribution < 1.29 is 18.7 Å². The lowest BCUT2D eigenvalue weighted by Crippen LogP contribution is -2.45. The van der Waals surface area contributed by atoms with E-state index in [0.717, 1.165) is 43.4 Å². The molecule has 1 aliphatic rings. The Kier molecular flexibility index (Phi) is 6.69. The molecule has 0 unspecified atom stereocenters. The highest BCUT2D eigenvalue weighted by molar-refractivity contribution is 7.09. The third-order valence-corrected chi connectivity index (χ3v) is 6.11. The van der Waals surface area contributed by atoms with Crippen LogP contribution in [0.4, 0.5) is 0 Å². The van der Waals surface area contributed by atoms with E-state index in [9.17, 15) is 0 Å². The fraction of sp³-hybridized carbons (Fsp3) is 0.476. The van der Waals surface area contributed by atoms with Crippen LogP contribution in [0.25, 0.3) is 11.4 Å². The molecule has 0 radical (unpaired) electrons. The highest BCUT2D eigenvalue weighted by atomic mass is 32.1. The Morgan fingerprint density at radius 2 is 1.65 bits per heavy atom. The second-order valence-corrected chi connectivity index (χ2v) is 8.37. The normalized spacial score (nSPS) is 15.2. The zero-order valence-corrected chi connectivity index (χ0v) is 19.1. The lowest BCUT2D eigenvalue weighted by atomic mass is 10.1. The maximum atomic E-state index is 5.54. The van der Waals surface area contributed by atoms with Gasteiger partial charge in [0.2, 0.25) is 17.5 Å². The largest absolute Gasteiger partial charge is 0.493 e. The van der Waals surface area contributed by atoms with Crippen molar-refractivity contribution in [2.24, 2.45) is 0 Å². The van der Waals surface area contributed by atoms with Crippen molar-refractivity contribution in [2.75, 3.05) is 47.5 Å². The summed E-state index contributed by atoms with van der Waals surface area (Å²) in [5.41, 5.74) is 1.85. The van der Waals surface area contributed by atoms with Crippen molar-refractivity contribution in [2.45, 2.75) is 20.0 Å². The van der Waals surface area contributed by atoms with Crippen molar-refractivity contribution in [3.8, 4) is 28.6 Å². The summed E-state index contributed by atoms with van der Waals surface area (Å²) in [4.78, 5) is 13.9. The Hall–Kier alpha value is -2.69. The van der Waals surface area contributed by atoms with Gasteiger partial charge >= 0.3 is 0 Å². The van der Waals surface area contributed by atoms with E-state index < -0.39 is 0 Å². The molecule has 0 aliphatic carbocycles. The lowest BCUT2D eigenvalue weighted by molar-refractivity contribution is 0.111. The van der Waals surface area contributed by atoms with Crippen LogP contribution in [0.2, 0.25) is 0 Å². The summed E-state index contributed by atoms with van der Waals surface area (Å²) in [6.07, 6.45) is 0. The third kappa shape index (κ3) is 4.81. The molecule has 0 atom stereocenters. The van der Waals surface area contributed by atoms with E-state index in [1.807, 2.05) is 13.0 Å². The molecule has 1 saturated heterocycles. The molecule has 0 bridgehead atoms. The lowest BCUT2D eigenvalue weighted by Gasteiger charge is -2.33. The molecule has 0 amide bonds. The molecule has 0 N–H and O–H groups in total. The van der Waals surface area contributed by atoms with Gasteiger partial charge in [-0.05, 0) is 19.1 Å². The molecule has 1 aliphatic heterocycles. The van der Waals surface area contributed by atoms with Crippen molar-refractivity contribution in [3.63, 3.8) is 0 Å². The third-order valence-electron chi connectivity index (χ3n) is 5.29. The molecule has 2 aromatic heterocycles. The second-order valence-electron chi connectivity index (χ2n) is 7.30. The van der Waals surface area contributed by atoms with Crippen molar-refractivity contribution in [1.29, 1.82) is 0 Å². The molecule has 166 valence electrons.